The monoisotopic (exact) mass is 263 g/mol. The van der Waals surface area contributed by atoms with Gasteiger partial charge in [-0.3, -0.25) is 0 Å². The molecule has 0 aliphatic rings. The molecule has 1 aromatic heterocycles. The van der Waals surface area contributed by atoms with Crippen LogP contribution in [0.25, 0.3) is 0 Å². The molecule has 74 valence electrons. The van der Waals surface area contributed by atoms with Gasteiger partial charge >= 0.3 is 0 Å². The van der Waals surface area contributed by atoms with E-state index in [0.29, 0.717) is 6.04 Å². The number of halogens is 1. The zero-order chi connectivity index (χ0) is 9.84. The molecule has 0 aliphatic carbocycles. The van der Waals surface area contributed by atoms with Gasteiger partial charge in [0.2, 0.25) is 5.13 Å². The lowest BCUT2D eigenvalue weighted by Gasteiger charge is -2.24. The molecule has 0 N–H and O–H groups in total. The van der Waals surface area contributed by atoms with E-state index < -0.39 is 0 Å². The van der Waals surface area contributed by atoms with E-state index in [0.717, 1.165) is 22.8 Å². The van der Waals surface area contributed by atoms with Gasteiger partial charge in [0.25, 0.3) is 0 Å². The van der Waals surface area contributed by atoms with Crippen molar-refractivity contribution in [3.63, 3.8) is 0 Å². The Balaban J connectivity index is 2.75. The van der Waals surface area contributed by atoms with E-state index in [1.54, 1.807) is 0 Å². The van der Waals surface area contributed by atoms with E-state index in [4.69, 9.17) is 0 Å². The largest absolute Gasteiger partial charge is 0.344 e. The van der Waals surface area contributed by atoms with Crippen LogP contribution in [0.3, 0.4) is 0 Å². The molecule has 0 bridgehead atoms. The lowest BCUT2D eigenvalue weighted by atomic mass is 10.3. The van der Waals surface area contributed by atoms with Gasteiger partial charge in [0, 0.05) is 29.4 Å². The van der Waals surface area contributed by atoms with Crippen LogP contribution in [-0.4, -0.2) is 27.3 Å². The Morgan fingerprint density at radius 2 is 2.23 bits per heavy atom. The Kier molecular flexibility index (Phi) is 4.12. The molecule has 0 saturated heterocycles. The summed E-state index contributed by atoms with van der Waals surface area (Å²) in [7, 11) is 0. The van der Waals surface area contributed by atoms with Crippen LogP contribution in [0, 0.1) is 6.92 Å². The fourth-order valence-corrected chi connectivity index (χ4v) is 2.29. The van der Waals surface area contributed by atoms with Gasteiger partial charge in [-0.1, -0.05) is 15.9 Å². The van der Waals surface area contributed by atoms with Crippen molar-refractivity contribution in [2.24, 2.45) is 0 Å². The number of hydrogen-bond acceptors (Lipinski definition) is 4. The topological polar surface area (TPSA) is 29.0 Å². The summed E-state index contributed by atoms with van der Waals surface area (Å²) in [6, 6.07) is 0.477. The van der Waals surface area contributed by atoms with Crippen molar-refractivity contribution < 1.29 is 0 Å². The second-order valence-corrected chi connectivity index (χ2v) is 4.62. The van der Waals surface area contributed by atoms with Crippen molar-refractivity contribution in [2.75, 3.05) is 16.8 Å². The second-order valence-electron chi connectivity index (χ2n) is 3.10. The maximum Gasteiger partial charge on any atom is 0.205 e. The Labute approximate surface area is 91.5 Å². The molecule has 1 heterocycles. The van der Waals surface area contributed by atoms with Crippen molar-refractivity contribution in [2.45, 2.75) is 26.8 Å². The van der Waals surface area contributed by atoms with Crippen molar-refractivity contribution >= 4 is 32.6 Å². The molecule has 0 radical (unpaired) electrons. The first kappa shape index (κ1) is 10.9. The summed E-state index contributed by atoms with van der Waals surface area (Å²) in [6.07, 6.45) is 0. The van der Waals surface area contributed by atoms with Crippen LogP contribution in [0.15, 0.2) is 0 Å². The number of nitrogens with zero attached hydrogens (tertiary/aromatic N) is 3. The first-order chi connectivity index (χ1) is 6.15. The highest BCUT2D eigenvalue weighted by molar-refractivity contribution is 9.09. The molecule has 5 heteroatoms. The molecule has 1 rings (SSSR count). The summed E-state index contributed by atoms with van der Waals surface area (Å²) in [5.41, 5.74) is 0. The third-order valence-electron chi connectivity index (χ3n) is 1.71. The lowest BCUT2D eigenvalue weighted by Crippen LogP contribution is -2.32. The SMILES string of the molecule is Cc1nsc(N(CCBr)C(C)C)n1. The van der Waals surface area contributed by atoms with Crippen molar-refractivity contribution in [1.82, 2.24) is 9.36 Å². The standard InChI is InChI=1S/C8H14BrN3S/c1-6(2)12(5-4-9)8-10-7(3)11-13-8/h6H,4-5H2,1-3H3. The molecule has 0 atom stereocenters. The van der Waals surface area contributed by atoms with Gasteiger partial charge in [-0.05, 0) is 20.8 Å². The van der Waals surface area contributed by atoms with Crippen molar-refractivity contribution in [1.29, 1.82) is 0 Å². The molecule has 3 nitrogen and oxygen atoms in total. The summed E-state index contributed by atoms with van der Waals surface area (Å²) in [5.74, 6) is 0.861. The van der Waals surface area contributed by atoms with Crippen LogP contribution in [0.1, 0.15) is 19.7 Å². The van der Waals surface area contributed by atoms with Crippen LogP contribution in [-0.2, 0) is 0 Å². The van der Waals surface area contributed by atoms with E-state index in [-0.39, 0.29) is 0 Å². The first-order valence-corrected chi connectivity index (χ1v) is 6.17. The van der Waals surface area contributed by atoms with Gasteiger partial charge in [-0.25, -0.2) is 4.98 Å². The number of aryl methyl sites for hydroxylation is 1. The fourth-order valence-electron chi connectivity index (χ4n) is 1.07. The molecule has 0 spiro atoms. The van der Waals surface area contributed by atoms with Gasteiger partial charge < -0.3 is 4.90 Å². The predicted octanol–water partition coefficient (Wildman–Crippen LogP) is 2.46. The molecule has 0 saturated carbocycles. The third-order valence-corrected chi connectivity index (χ3v) is 2.91. The molecule has 0 aliphatic heterocycles. The summed E-state index contributed by atoms with van der Waals surface area (Å²) in [6.45, 7) is 7.23. The Morgan fingerprint density at radius 3 is 2.62 bits per heavy atom. The Hall–Kier alpha value is -0.160. The van der Waals surface area contributed by atoms with E-state index in [1.807, 2.05) is 6.92 Å². The molecule has 0 unspecified atom stereocenters. The Bertz CT molecular complexity index is 262. The van der Waals surface area contributed by atoms with E-state index in [2.05, 4.69) is 44.0 Å². The average Bonchev–Trinajstić information content (AvgIpc) is 2.46. The normalized spacial score (nSPS) is 10.8. The van der Waals surface area contributed by atoms with Crippen LogP contribution in [0.5, 0.6) is 0 Å². The van der Waals surface area contributed by atoms with Crippen LogP contribution in [0.4, 0.5) is 5.13 Å². The molecule has 1 aromatic rings. The average molecular weight is 264 g/mol. The molecule has 0 fully saturated rings. The van der Waals surface area contributed by atoms with Gasteiger partial charge in [-0.2, -0.15) is 4.37 Å². The smallest absolute Gasteiger partial charge is 0.205 e. The lowest BCUT2D eigenvalue weighted by molar-refractivity contribution is 0.704. The summed E-state index contributed by atoms with van der Waals surface area (Å²) in [5, 5.41) is 1.98. The minimum absolute atomic E-state index is 0.477. The maximum absolute atomic E-state index is 4.36. The summed E-state index contributed by atoms with van der Waals surface area (Å²) >= 11 is 4.91. The predicted molar refractivity (Wildman–Crippen MR) is 60.9 cm³/mol. The number of anilines is 1. The summed E-state index contributed by atoms with van der Waals surface area (Å²) < 4.78 is 4.18. The maximum atomic E-state index is 4.36. The van der Waals surface area contributed by atoms with E-state index in [1.165, 1.54) is 11.5 Å². The third kappa shape index (κ3) is 2.91. The number of aromatic nitrogens is 2. The second kappa shape index (κ2) is 4.91. The number of hydrogen-bond donors (Lipinski definition) is 0. The molecular weight excluding hydrogens is 250 g/mol. The van der Waals surface area contributed by atoms with Crippen LogP contribution in [0.2, 0.25) is 0 Å². The van der Waals surface area contributed by atoms with Crippen molar-refractivity contribution in [3.05, 3.63) is 5.82 Å². The first-order valence-electron chi connectivity index (χ1n) is 4.28. The van der Waals surface area contributed by atoms with Gasteiger partial charge in [0.15, 0.2) is 0 Å². The highest BCUT2D eigenvalue weighted by atomic mass is 79.9. The summed E-state index contributed by atoms with van der Waals surface area (Å²) in [4.78, 5) is 6.61. The van der Waals surface area contributed by atoms with Gasteiger partial charge in [0.05, 0.1) is 0 Å². The van der Waals surface area contributed by atoms with Gasteiger partial charge in [0.1, 0.15) is 5.82 Å². The zero-order valence-electron chi connectivity index (χ0n) is 8.12. The highest BCUT2D eigenvalue weighted by Crippen LogP contribution is 2.19. The molecular formula is C8H14BrN3S. The molecule has 13 heavy (non-hydrogen) atoms. The minimum Gasteiger partial charge on any atom is -0.344 e. The van der Waals surface area contributed by atoms with Crippen LogP contribution >= 0.6 is 27.5 Å². The van der Waals surface area contributed by atoms with Crippen molar-refractivity contribution in [3.8, 4) is 0 Å². The number of rotatable bonds is 4. The zero-order valence-corrected chi connectivity index (χ0v) is 10.5. The molecule has 0 amide bonds. The highest BCUT2D eigenvalue weighted by Gasteiger charge is 2.13. The Morgan fingerprint density at radius 1 is 1.54 bits per heavy atom. The van der Waals surface area contributed by atoms with Gasteiger partial charge in [-0.15, -0.1) is 0 Å². The quantitative estimate of drug-likeness (QED) is 0.782. The fraction of sp³-hybridized carbons (Fsp3) is 0.750. The van der Waals surface area contributed by atoms with E-state index >= 15 is 0 Å². The molecule has 0 aromatic carbocycles. The van der Waals surface area contributed by atoms with Crippen LogP contribution < -0.4 is 4.90 Å². The number of alkyl halides is 1. The minimum atomic E-state index is 0.477. The van der Waals surface area contributed by atoms with E-state index in [9.17, 15) is 0 Å².